The highest BCUT2D eigenvalue weighted by molar-refractivity contribution is 6.30. The highest BCUT2D eigenvalue weighted by Crippen LogP contribution is 2.25. The van der Waals surface area contributed by atoms with E-state index >= 15 is 0 Å². The summed E-state index contributed by atoms with van der Waals surface area (Å²) in [5.74, 6) is -0.886. The maximum atomic E-state index is 12.1. The molecule has 26 heavy (non-hydrogen) atoms. The van der Waals surface area contributed by atoms with Gasteiger partial charge < -0.3 is 11.1 Å². The minimum absolute atomic E-state index is 0.0814. The first-order valence-electron chi connectivity index (χ1n) is 7.98. The van der Waals surface area contributed by atoms with Crippen LogP contribution < -0.4 is 11.1 Å². The van der Waals surface area contributed by atoms with Crippen LogP contribution in [0.15, 0.2) is 60.8 Å². The van der Waals surface area contributed by atoms with Gasteiger partial charge in [-0.1, -0.05) is 41.9 Å². The predicted octanol–water partition coefficient (Wildman–Crippen LogP) is 2.34. The van der Waals surface area contributed by atoms with E-state index in [0.717, 1.165) is 16.8 Å². The van der Waals surface area contributed by atoms with E-state index in [2.05, 4.69) is 10.4 Å². The van der Waals surface area contributed by atoms with Crippen molar-refractivity contribution >= 4 is 23.4 Å². The molecule has 7 heteroatoms. The van der Waals surface area contributed by atoms with Crippen molar-refractivity contribution in [2.45, 2.75) is 6.42 Å². The molecule has 1 aromatic heterocycles. The van der Waals surface area contributed by atoms with Crippen molar-refractivity contribution in [3.63, 3.8) is 0 Å². The van der Waals surface area contributed by atoms with Gasteiger partial charge in [0, 0.05) is 22.3 Å². The Morgan fingerprint density at radius 2 is 1.77 bits per heavy atom. The first-order chi connectivity index (χ1) is 12.5. The summed E-state index contributed by atoms with van der Waals surface area (Å²) < 4.78 is 1.72. The van der Waals surface area contributed by atoms with Crippen molar-refractivity contribution in [1.82, 2.24) is 15.1 Å². The van der Waals surface area contributed by atoms with Gasteiger partial charge in [0.1, 0.15) is 0 Å². The number of rotatable bonds is 6. The second-order valence-electron chi connectivity index (χ2n) is 5.71. The van der Waals surface area contributed by atoms with Crippen molar-refractivity contribution in [3.8, 4) is 16.9 Å². The molecule has 0 aliphatic heterocycles. The van der Waals surface area contributed by atoms with Crippen molar-refractivity contribution in [1.29, 1.82) is 0 Å². The highest BCUT2D eigenvalue weighted by Gasteiger charge is 2.15. The maximum Gasteiger partial charge on any atom is 0.236 e. The molecule has 3 rings (SSSR count). The standard InChI is InChI=1S/C19H17ClN4O2/c20-15-8-6-13(7-9-15)19-14(10-18(26)22-11-17(21)25)12-24(23-19)16-4-2-1-3-5-16/h1-9,12H,10-11H2,(H2,21,25)(H,22,26). The Kier molecular flexibility index (Phi) is 5.34. The fourth-order valence-corrected chi connectivity index (χ4v) is 2.65. The average molecular weight is 369 g/mol. The van der Waals surface area contributed by atoms with Gasteiger partial charge in [-0.3, -0.25) is 9.59 Å². The van der Waals surface area contributed by atoms with Crippen LogP contribution in [-0.4, -0.2) is 28.1 Å². The van der Waals surface area contributed by atoms with Gasteiger partial charge >= 0.3 is 0 Å². The molecule has 132 valence electrons. The summed E-state index contributed by atoms with van der Waals surface area (Å²) >= 11 is 5.96. The number of carbonyl (C=O) groups is 2. The number of nitrogens with one attached hydrogen (secondary N) is 1. The second-order valence-corrected chi connectivity index (χ2v) is 6.15. The smallest absolute Gasteiger partial charge is 0.236 e. The van der Waals surface area contributed by atoms with Gasteiger partial charge in [0.05, 0.1) is 24.3 Å². The number of nitrogens with zero attached hydrogens (tertiary/aromatic N) is 2. The zero-order valence-electron chi connectivity index (χ0n) is 13.9. The molecule has 3 N–H and O–H groups in total. The van der Waals surface area contributed by atoms with Crippen molar-refractivity contribution < 1.29 is 9.59 Å². The predicted molar refractivity (Wildman–Crippen MR) is 99.9 cm³/mol. The Hall–Kier alpha value is -3.12. The summed E-state index contributed by atoms with van der Waals surface area (Å²) in [5, 5.41) is 7.75. The maximum absolute atomic E-state index is 12.1. The van der Waals surface area contributed by atoms with Gasteiger partial charge in [0.2, 0.25) is 11.8 Å². The molecule has 0 atom stereocenters. The van der Waals surface area contributed by atoms with E-state index in [0.29, 0.717) is 10.7 Å². The van der Waals surface area contributed by atoms with E-state index in [9.17, 15) is 9.59 Å². The van der Waals surface area contributed by atoms with Crippen LogP contribution in [0.5, 0.6) is 0 Å². The van der Waals surface area contributed by atoms with Crippen LogP contribution in [0.3, 0.4) is 0 Å². The van der Waals surface area contributed by atoms with E-state index in [4.69, 9.17) is 17.3 Å². The lowest BCUT2D eigenvalue weighted by molar-refractivity contribution is -0.124. The Morgan fingerprint density at radius 3 is 2.42 bits per heavy atom. The number of halogens is 1. The first-order valence-corrected chi connectivity index (χ1v) is 8.35. The number of benzene rings is 2. The third kappa shape index (κ3) is 4.29. The van der Waals surface area contributed by atoms with E-state index in [1.165, 1.54) is 0 Å². The fraction of sp³-hybridized carbons (Fsp3) is 0.105. The molecule has 0 fully saturated rings. The Morgan fingerprint density at radius 1 is 1.08 bits per heavy atom. The van der Waals surface area contributed by atoms with Gasteiger partial charge in [-0.25, -0.2) is 4.68 Å². The zero-order chi connectivity index (χ0) is 18.5. The lowest BCUT2D eigenvalue weighted by atomic mass is 10.1. The van der Waals surface area contributed by atoms with Gasteiger partial charge in [0.15, 0.2) is 0 Å². The third-order valence-corrected chi connectivity index (χ3v) is 3.99. The fourth-order valence-electron chi connectivity index (χ4n) is 2.52. The molecule has 0 unspecified atom stereocenters. The summed E-state index contributed by atoms with van der Waals surface area (Å²) in [4.78, 5) is 23.0. The Labute approximate surface area is 155 Å². The molecule has 0 saturated heterocycles. The van der Waals surface area contributed by atoms with Crippen LogP contribution in [0, 0.1) is 0 Å². The summed E-state index contributed by atoms with van der Waals surface area (Å²) in [5.41, 5.74) is 8.21. The summed E-state index contributed by atoms with van der Waals surface area (Å²) in [6, 6.07) is 16.9. The first kappa shape index (κ1) is 17.7. The molecule has 0 spiro atoms. The third-order valence-electron chi connectivity index (χ3n) is 3.74. The Balaban J connectivity index is 1.95. The molecule has 0 radical (unpaired) electrons. The van der Waals surface area contributed by atoms with Crippen LogP contribution in [0.25, 0.3) is 16.9 Å². The molecule has 2 aromatic carbocycles. The number of carbonyl (C=O) groups excluding carboxylic acids is 2. The minimum atomic E-state index is -0.587. The summed E-state index contributed by atoms with van der Waals surface area (Å²) in [7, 11) is 0. The topological polar surface area (TPSA) is 90.0 Å². The lowest BCUT2D eigenvalue weighted by Crippen LogP contribution is -2.34. The zero-order valence-corrected chi connectivity index (χ0v) is 14.6. The number of hydrogen-bond donors (Lipinski definition) is 2. The molecular formula is C19H17ClN4O2. The van der Waals surface area contributed by atoms with Crippen LogP contribution in [0.1, 0.15) is 5.56 Å². The SMILES string of the molecule is NC(=O)CNC(=O)Cc1cn(-c2ccccc2)nc1-c1ccc(Cl)cc1. The normalized spacial score (nSPS) is 10.5. The summed E-state index contributed by atoms with van der Waals surface area (Å²) in [6.45, 7) is -0.193. The van der Waals surface area contributed by atoms with Gasteiger partial charge in [-0.05, 0) is 24.3 Å². The van der Waals surface area contributed by atoms with E-state index < -0.39 is 5.91 Å². The van der Waals surface area contributed by atoms with Gasteiger partial charge in [-0.15, -0.1) is 0 Å². The molecule has 0 bridgehead atoms. The molecule has 0 saturated carbocycles. The molecule has 3 aromatic rings. The number of para-hydroxylation sites is 1. The number of primary amides is 1. The minimum Gasteiger partial charge on any atom is -0.368 e. The van der Waals surface area contributed by atoms with Crippen LogP contribution in [-0.2, 0) is 16.0 Å². The lowest BCUT2D eigenvalue weighted by Gasteiger charge is -2.04. The second kappa shape index (κ2) is 7.84. The average Bonchev–Trinajstić information content (AvgIpc) is 3.05. The van der Waals surface area contributed by atoms with Crippen LogP contribution in [0.4, 0.5) is 0 Å². The van der Waals surface area contributed by atoms with E-state index in [1.54, 1.807) is 16.8 Å². The Bertz CT molecular complexity index is 920. The largest absolute Gasteiger partial charge is 0.368 e. The van der Waals surface area contributed by atoms with Gasteiger partial charge in [-0.2, -0.15) is 5.10 Å². The number of amides is 2. The highest BCUT2D eigenvalue weighted by atomic mass is 35.5. The molecule has 0 aliphatic rings. The molecule has 2 amide bonds. The number of hydrogen-bond acceptors (Lipinski definition) is 3. The number of aromatic nitrogens is 2. The van der Waals surface area contributed by atoms with Crippen molar-refractivity contribution in [3.05, 3.63) is 71.4 Å². The quantitative estimate of drug-likeness (QED) is 0.699. The monoisotopic (exact) mass is 368 g/mol. The summed E-state index contributed by atoms with van der Waals surface area (Å²) in [6.07, 6.45) is 1.89. The van der Waals surface area contributed by atoms with Crippen LogP contribution in [0.2, 0.25) is 5.02 Å². The number of nitrogens with two attached hydrogens (primary N) is 1. The van der Waals surface area contributed by atoms with Gasteiger partial charge in [0.25, 0.3) is 0 Å². The van der Waals surface area contributed by atoms with Crippen molar-refractivity contribution in [2.75, 3.05) is 6.54 Å². The van der Waals surface area contributed by atoms with Crippen LogP contribution >= 0.6 is 11.6 Å². The molecule has 6 nitrogen and oxygen atoms in total. The van der Waals surface area contributed by atoms with E-state index in [-0.39, 0.29) is 18.9 Å². The van der Waals surface area contributed by atoms with Crippen molar-refractivity contribution in [2.24, 2.45) is 5.73 Å². The molecule has 1 heterocycles. The van der Waals surface area contributed by atoms with E-state index in [1.807, 2.05) is 48.7 Å². The molecule has 0 aliphatic carbocycles. The molecular weight excluding hydrogens is 352 g/mol.